The lowest BCUT2D eigenvalue weighted by Gasteiger charge is -2.09. The zero-order valence-corrected chi connectivity index (χ0v) is 12.4. The molecule has 2 atom stereocenters. The molecule has 2 rings (SSSR count). The highest BCUT2D eigenvalue weighted by atomic mass is 32.2. The van der Waals surface area contributed by atoms with Gasteiger partial charge < -0.3 is 0 Å². The van der Waals surface area contributed by atoms with Gasteiger partial charge in [-0.25, -0.2) is 4.83 Å². The maximum Gasteiger partial charge on any atom is 0.276 e. The van der Waals surface area contributed by atoms with Crippen LogP contribution < -0.4 is 4.83 Å². The average Bonchev–Trinajstić information content (AvgIpc) is 2.67. The average molecular weight is 280 g/mol. The topological polar surface area (TPSA) is 58.5 Å². The van der Waals surface area contributed by atoms with Crippen molar-refractivity contribution in [3.63, 3.8) is 0 Å². The standard InChI is InChI=1S/C14H20N2O2S/c1-10-4-8-13(9-5-10)19(17,18)16-15-14-11(2)6-7-12(14)3/h4-5,8-9,11-12,16H,6-7H2,1-3H3. The normalized spacial score (nSPS) is 23.4. The van der Waals surface area contributed by atoms with Gasteiger partial charge in [0.15, 0.2) is 0 Å². The third kappa shape index (κ3) is 3.15. The third-order valence-electron chi connectivity index (χ3n) is 3.67. The van der Waals surface area contributed by atoms with Crippen molar-refractivity contribution in [3.8, 4) is 0 Å². The molecule has 4 nitrogen and oxygen atoms in total. The molecule has 0 radical (unpaired) electrons. The first-order valence-corrected chi connectivity index (χ1v) is 8.04. The summed E-state index contributed by atoms with van der Waals surface area (Å²) in [5, 5.41) is 4.13. The molecular weight excluding hydrogens is 260 g/mol. The van der Waals surface area contributed by atoms with Crippen LogP contribution in [-0.2, 0) is 10.0 Å². The van der Waals surface area contributed by atoms with Crippen molar-refractivity contribution in [2.45, 2.75) is 38.5 Å². The monoisotopic (exact) mass is 280 g/mol. The SMILES string of the molecule is Cc1ccc(S(=O)(=O)NN=C2C(C)CCC2C)cc1. The van der Waals surface area contributed by atoms with Gasteiger partial charge in [-0.2, -0.15) is 13.5 Å². The molecule has 1 aliphatic carbocycles. The summed E-state index contributed by atoms with van der Waals surface area (Å²) in [4.78, 5) is 2.61. The van der Waals surface area contributed by atoms with Gasteiger partial charge in [0, 0.05) is 5.71 Å². The summed E-state index contributed by atoms with van der Waals surface area (Å²) in [5.41, 5.74) is 1.99. The second-order valence-electron chi connectivity index (χ2n) is 5.32. The van der Waals surface area contributed by atoms with E-state index in [-0.39, 0.29) is 4.90 Å². The summed E-state index contributed by atoms with van der Waals surface area (Å²) in [5.74, 6) is 0.714. The quantitative estimate of drug-likeness (QED) is 0.865. The van der Waals surface area contributed by atoms with E-state index < -0.39 is 10.0 Å². The first-order chi connectivity index (χ1) is 8.90. The minimum Gasteiger partial charge on any atom is -0.200 e. The highest BCUT2D eigenvalue weighted by Gasteiger charge is 2.26. The molecule has 0 saturated heterocycles. The van der Waals surface area contributed by atoms with Crippen LogP contribution in [0.5, 0.6) is 0 Å². The summed E-state index contributed by atoms with van der Waals surface area (Å²) < 4.78 is 24.2. The molecule has 0 heterocycles. The maximum atomic E-state index is 12.1. The largest absolute Gasteiger partial charge is 0.276 e. The molecule has 1 saturated carbocycles. The van der Waals surface area contributed by atoms with Gasteiger partial charge in [0.25, 0.3) is 10.0 Å². The van der Waals surface area contributed by atoms with Crippen molar-refractivity contribution < 1.29 is 8.42 Å². The summed E-state index contributed by atoms with van der Waals surface area (Å²) in [7, 11) is -3.55. The molecule has 104 valence electrons. The number of nitrogens with one attached hydrogen (secondary N) is 1. The van der Waals surface area contributed by atoms with Crippen molar-refractivity contribution in [1.29, 1.82) is 0 Å². The highest BCUT2D eigenvalue weighted by Crippen LogP contribution is 2.27. The Morgan fingerprint density at radius 1 is 1.11 bits per heavy atom. The summed E-state index contributed by atoms with van der Waals surface area (Å²) >= 11 is 0. The van der Waals surface area contributed by atoms with Crippen molar-refractivity contribution >= 4 is 15.7 Å². The summed E-state index contributed by atoms with van der Waals surface area (Å²) in [6, 6.07) is 6.75. The minimum absolute atomic E-state index is 0.251. The predicted octanol–water partition coefficient (Wildman–Crippen LogP) is 2.70. The van der Waals surface area contributed by atoms with Crippen molar-refractivity contribution in [1.82, 2.24) is 4.83 Å². The maximum absolute atomic E-state index is 12.1. The van der Waals surface area contributed by atoms with Crippen LogP contribution in [0.15, 0.2) is 34.3 Å². The lowest BCUT2D eigenvalue weighted by atomic mass is 10.1. The fraction of sp³-hybridized carbons (Fsp3) is 0.500. The molecule has 1 N–H and O–H groups in total. The van der Waals surface area contributed by atoms with E-state index in [2.05, 4.69) is 23.8 Å². The molecular formula is C14H20N2O2S. The Hall–Kier alpha value is -1.36. The zero-order valence-electron chi connectivity index (χ0n) is 11.6. The number of hydrazone groups is 1. The van der Waals surface area contributed by atoms with Crippen molar-refractivity contribution in [2.24, 2.45) is 16.9 Å². The van der Waals surface area contributed by atoms with Crippen LogP contribution in [0, 0.1) is 18.8 Å². The second-order valence-corrected chi connectivity index (χ2v) is 6.98. The molecule has 5 heteroatoms. The third-order valence-corrected chi connectivity index (χ3v) is 4.89. The van der Waals surface area contributed by atoms with Crippen LogP contribution in [0.25, 0.3) is 0 Å². The molecule has 1 fully saturated rings. The number of nitrogens with zero attached hydrogens (tertiary/aromatic N) is 1. The minimum atomic E-state index is -3.55. The number of rotatable bonds is 3. The summed E-state index contributed by atoms with van der Waals surface area (Å²) in [6.07, 6.45) is 2.15. The van der Waals surface area contributed by atoms with Gasteiger partial charge in [-0.05, 0) is 43.7 Å². The van der Waals surface area contributed by atoms with Crippen LogP contribution >= 0.6 is 0 Å². The van der Waals surface area contributed by atoms with Gasteiger partial charge in [0.05, 0.1) is 4.90 Å². The van der Waals surface area contributed by atoms with Crippen LogP contribution in [0.1, 0.15) is 32.3 Å². The molecule has 0 spiro atoms. The fourth-order valence-electron chi connectivity index (χ4n) is 2.38. The lowest BCUT2D eigenvalue weighted by Crippen LogP contribution is -2.22. The predicted molar refractivity (Wildman–Crippen MR) is 76.5 cm³/mol. The van der Waals surface area contributed by atoms with Gasteiger partial charge in [-0.1, -0.05) is 31.5 Å². The van der Waals surface area contributed by atoms with Gasteiger partial charge >= 0.3 is 0 Å². The van der Waals surface area contributed by atoms with E-state index in [9.17, 15) is 8.42 Å². The van der Waals surface area contributed by atoms with Gasteiger partial charge in [0.1, 0.15) is 0 Å². The Balaban J connectivity index is 2.18. The number of aryl methyl sites for hydroxylation is 1. The van der Waals surface area contributed by atoms with E-state index in [1.54, 1.807) is 24.3 Å². The molecule has 1 aromatic rings. The van der Waals surface area contributed by atoms with Gasteiger partial charge in [-0.15, -0.1) is 0 Å². The smallest absolute Gasteiger partial charge is 0.200 e. The van der Waals surface area contributed by atoms with E-state index in [4.69, 9.17) is 0 Å². The molecule has 1 aromatic carbocycles. The van der Waals surface area contributed by atoms with E-state index >= 15 is 0 Å². The number of sulfonamides is 1. The first kappa shape index (κ1) is 14.1. The van der Waals surface area contributed by atoms with Gasteiger partial charge in [-0.3, -0.25) is 0 Å². The number of hydrogen-bond acceptors (Lipinski definition) is 3. The van der Waals surface area contributed by atoms with Crippen molar-refractivity contribution in [2.75, 3.05) is 0 Å². The molecule has 0 aliphatic heterocycles. The van der Waals surface area contributed by atoms with Crippen LogP contribution in [0.4, 0.5) is 0 Å². The Kier molecular flexibility index (Phi) is 3.94. The zero-order chi connectivity index (χ0) is 14.0. The number of hydrogen-bond donors (Lipinski definition) is 1. The van der Waals surface area contributed by atoms with E-state index in [0.29, 0.717) is 11.8 Å². The van der Waals surface area contributed by atoms with Crippen LogP contribution in [0.3, 0.4) is 0 Å². The summed E-state index contributed by atoms with van der Waals surface area (Å²) in [6.45, 7) is 6.09. The Morgan fingerprint density at radius 2 is 1.63 bits per heavy atom. The van der Waals surface area contributed by atoms with Crippen LogP contribution in [0.2, 0.25) is 0 Å². The molecule has 1 aliphatic rings. The van der Waals surface area contributed by atoms with Crippen LogP contribution in [-0.4, -0.2) is 14.1 Å². The highest BCUT2D eigenvalue weighted by molar-refractivity contribution is 7.89. The second kappa shape index (κ2) is 5.33. The lowest BCUT2D eigenvalue weighted by molar-refractivity contribution is 0.583. The Bertz CT molecular complexity index is 564. The Morgan fingerprint density at radius 3 is 2.16 bits per heavy atom. The molecule has 0 bridgehead atoms. The van der Waals surface area contributed by atoms with E-state index in [0.717, 1.165) is 24.1 Å². The molecule has 2 unspecified atom stereocenters. The number of benzene rings is 1. The molecule has 0 amide bonds. The molecule has 0 aromatic heterocycles. The Labute approximate surface area is 115 Å². The van der Waals surface area contributed by atoms with E-state index in [1.165, 1.54) is 0 Å². The molecule has 19 heavy (non-hydrogen) atoms. The first-order valence-electron chi connectivity index (χ1n) is 6.56. The van der Waals surface area contributed by atoms with E-state index in [1.807, 2.05) is 6.92 Å². The van der Waals surface area contributed by atoms with Gasteiger partial charge in [0.2, 0.25) is 0 Å². The fourth-order valence-corrected chi connectivity index (χ4v) is 3.21. The van der Waals surface area contributed by atoms with Crippen molar-refractivity contribution in [3.05, 3.63) is 29.8 Å².